The van der Waals surface area contributed by atoms with Crippen LogP contribution in [0.15, 0.2) is 96.6 Å². The number of hydrogen-bond donors (Lipinski definition) is 1. The zero-order valence-electron chi connectivity index (χ0n) is 27.0. The van der Waals surface area contributed by atoms with Gasteiger partial charge in [-0.15, -0.1) is 0 Å². The van der Waals surface area contributed by atoms with Gasteiger partial charge in [-0.05, 0) is 55.8 Å². The second-order valence-electron chi connectivity index (χ2n) is 14.1. The van der Waals surface area contributed by atoms with E-state index in [1.807, 2.05) is 36.5 Å². The first kappa shape index (κ1) is 32.3. The lowest BCUT2D eigenvalue weighted by molar-refractivity contribution is 0.0331. The molecule has 45 heavy (non-hydrogen) atoms. The SMILES string of the molecule is CC1(C)N=C(c2cnc3ccccc3c2)c2cccc(F)c2C1(C)C.C[Si](C)(C)CC(O)(Cn1cncn1)c1ccc(F)cc1. The van der Waals surface area contributed by atoms with Crippen LogP contribution in [0.3, 0.4) is 0 Å². The molecule has 1 N–H and O–H groups in total. The van der Waals surface area contributed by atoms with Crippen molar-refractivity contribution in [2.45, 2.75) is 76.5 Å². The number of rotatable bonds is 6. The van der Waals surface area contributed by atoms with Gasteiger partial charge in [0.25, 0.3) is 0 Å². The highest BCUT2D eigenvalue weighted by atomic mass is 28.3. The fourth-order valence-corrected chi connectivity index (χ4v) is 8.10. The molecule has 6 rings (SSSR count). The minimum Gasteiger partial charge on any atom is -0.384 e. The Morgan fingerprint density at radius 1 is 0.911 bits per heavy atom. The van der Waals surface area contributed by atoms with E-state index in [1.54, 1.807) is 29.2 Å². The molecule has 9 heteroatoms. The minimum atomic E-state index is -1.53. The summed E-state index contributed by atoms with van der Waals surface area (Å²) in [5.41, 5.74) is 3.13. The molecule has 2 aromatic heterocycles. The van der Waals surface area contributed by atoms with Crippen molar-refractivity contribution >= 4 is 24.7 Å². The fraction of sp³-hybridized carbons (Fsp3) is 0.333. The van der Waals surface area contributed by atoms with Crippen LogP contribution in [0.2, 0.25) is 25.7 Å². The van der Waals surface area contributed by atoms with E-state index in [1.165, 1.54) is 24.5 Å². The first-order chi connectivity index (χ1) is 21.1. The minimum absolute atomic E-state index is 0.170. The zero-order chi connectivity index (χ0) is 32.6. The van der Waals surface area contributed by atoms with Crippen molar-refractivity contribution in [1.29, 1.82) is 0 Å². The van der Waals surface area contributed by atoms with Crippen LogP contribution in [0.4, 0.5) is 8.78 Å². The number of hydrogen-bond acceptors (Lipinski definition) is 5. The van der Waals surface area contributed by atoms with E-state index in [0.29, 0.717) is 12.6 Å². The van der Waals surface area contributed by atoms with Gasteiger partial charge in [-0.1, -0.05) is 76.0 Å². The lowest BCUT2D eigenvalue weighted by Crippen LogP contribution is -2.46. The molecular formula is C36H41F2N5OSi. The average molecular weight is 626 g/mol. The normalized spacial score (nSPS) is 16.6. The van der Waals surface area contributed by atoms with Crippen molar-refractivity contribution in [2.24, 2.45) is 4.99 Å². The smallest absolute Gasteiger partial charge is 0.137 e. The molecule has 0 aliphatic carbocycles. The van der Waals surface area contributed by atoms with Crippen molar-refractivity contribution in [2.75, 3.05) is 0 Å². The number of nitrogens with zero attached hydrogens (tertiary/aromatic N) is 5. The summed E-state index contributed by atoms with van der Waals surface area (Å²) in [6, 6.07) is 22.1. The van der Waals surface area contributed by atoms with Gasteiger partial charge in [0.05, 0.1) is 23.3 Å². The standard InChI is InChI=1S/C22H21FN2.C14H20FN3OSi/c1-21(2)19-16(9-7-10-17(19)23)20(25-22(21,3)4)15-12-14-8-5-6-11-18(14)24-13-15;1-20(2,3)9-14(19,8-18-11-16-10-17-18)12-4-6-13(15)7-5-12/h5-13H,1-4H3;4-7,10-11,19H,8-9H2,1-3H3. The average Bonchev–Trinajstić information content (AvgIpc) is 3.47. The van der Waals surface area contributed by atoms with Crippen LogP contribution in [-0.4, -0.2) is 44.2 Å². The van der Waals surface area contributed by atoms with Gasteiger partial charge < -0.3 is 5.11 Å². The molecule has 3 heterocycles. The Labute approximate surface area is 264 Å². The number of aliphatic imine (C=N–C) groups is 1. The highest BCUT2D eigenvalue weighted by molar-refractivity contribution is 6.76. The maximum atomic E-state index is 14.8. The van der Waals surface area contributed by atoms with Gasteiger partial charge in [0.15, 0.2) is 0 Å². The first-order valence-corrected chi connectivity index (χ1v) is 18.9. The Morgan fingerprint density at radius 2 is 1.62 bits per heavy atom. The summed E-state index contributed by atoms with van der Waals surface area (Å²) in [5, 5.41) is 16.2. The van der Waals surface area contributed by atoms with Crippen LogP contribution in [0.25, 0.3) is 10.9 Å². The van der Waals surface area contributed by atoms with Gasteiger partial charge in [0.1, 0.15) is 29.9 Å². The largest absolute Gasteiger partial charge is 0.384 e. The predicted molar refractivity (Wildman–Crippen MR) is 179 cm³/mol. The summed E-state index contributed by atoms with van der Waals surface area (Å²) >= 11 is 0. The summed E-state index contributed by atoms with van der Waals surface area (Å²) in [5.74, 6) is -0.471. The Bertz CT molecular complexity index is 1830. The molecule has 0 radical (unpaired) electrons. The van der Waals surface area contributed by atoms with Crippen LogP contribution in [0, 0.1) is 11.6 Å². The quantitative estimate of drug-likeness (QED) is 0.195. The van der Waals surface area contributed by atoms with E-state index < -0.39 is 24.6 Å². The monoisotopic (exact) mass is 625 g/mol. The fourth-order valence-electron chi connectivity index (χ4n) is 6.03. The van der Waals surface area contributed by atoms with Crippen LogP contribution in [0.5, 0.6) is 0 Å². The molecule has 1 aliphatic rings. The van der Waals surface area contributed by atoms with Crippen LogP contribution < -0.4 is 0 Å². The van der Waals surface area contributed by atoms with E-state index in [2.05, 4.69) is 68.5 Å². The maximum Gasteiger partial charge on any atom is 0.137 e. The molecule has 3 aromatic carbocycles. The van der Waals surface area contributed by atoms with E-state index >= 15 is 0 Å². The number of benzene rings is 3. The molecule has 1 unspecified atom stereocenters. The molecule has 0 amide bonds. The number of fused-ring (bicyclic) bond motifs is 2. The number of aliphatic hydroxyl groups is 1. The van der Waals surface area contributed by atoms with Gasteiger partial charge in [0, 0.05) is 41.8 Å². The third kappa shape index (κ3) is 6.79. The second kappa shape index (κ2) is 12.0. The van der Waals surface area contributed by atoms with Crippen molar-refractivity contribution in [3.05, 3.63) is 126 Å². The van der Waals surface area contributed by atoms with Crippen molar-refractivity contribution in [1.82, 2.24) is 19.7 Å². The number of para-hydroxylation sites is 1. The number of pyridine rings is 1. The van der Waals surface area contributed by atoms with Crippen LogP contribution in [0.1, 0.15) is 49.9 Å². The highest BCUT2D eigenvalue weighted by Crippen LogP contribution is 2.45. The van der Waals surface area contributed by atoms with Crippen molar-refractivity contribution in [3.63, 3.8) is 0 Å². The topological polar surface area (TPSA) is 76.2 Å². The first-order valence-electron chi connectivity index (χ1n) is 15.1. The van der Waals surface area contributed by atoms with Gasteiger partial charge in [-0.2, -0.15) is 5.10 Å². The van der Waals surface area contributed by atoms with Gasteiger partial charge in [0.2, 0.25) is 0 Å². The summed E-state index contributed by atoms with van der Waals surface area (Å²) < 4.78 is 29.5. The van der Waals surface area contributed by atoms with Crippen LogP contribution >= 0.6 is 0 Å². The molecule has 0 spiro atoms. The molecule has 0 bridgehead atoms. The molecule has 0 fully saturated rings. The Balaban J connectivity index is 0.000000183. The van der Waals surface area contributed by atoms with E-state index in [4.69, 9.17) is 4.99 Å². The molecule has 1 atom stereocenters. The molecule has 1 aliphatic heterocycles. The number of halogens is 2. The molecular weight excluding hydrogens is 585 g/mol. The predicted octanol–water partition coefficient (Wildman–Crippen LogP) is 7.92. The summed E-state index contributed by atoms with van der Waals surface area (Å²) in [6.45, 7) is 15.2. The highest BCUT2D eigenvalue weighted by Gasteiger charge is 2.45. The van der Waals surface area contributed by atoms with Crippen LogP contribution in [-0.2, 0) is 17.6 Å². The lowest BCUT2D eigenvalue weighted by Gasteiger charge is -2.44. The Morgan fingerprint density at radius 3 is 2.29 bits per heavy atom. The Kier molecular flexibility index (Phi) is 8.63. The van der Waals surface area contributed by atoms with E-state index in [0.717, 1.165) is 38.9 Å². The molecule has 234 valence electrons. The molecule has 0 saturated heterocycles. The van der Waals surface area contributed by atoms with E-state index in [-0.39, 0.29) is 11.6 Å². The van der Waals surface area contributed by atoms with Gasteiger partial charge in [-0.25, -0.2) is 18.4 Å². The molecule has 6 nitrogen and oxygen atoms in total. The second-order valence-corrected chi connectivity index (χ2v) is 19.6. The maximum absolute atomic E-state index is 14.8. The lowest BCUT2D eigenvalue weighted by atomic mass is 9.65. The molecule has 0 saturated carbocycles. The third-order valence-corrected chi connectivity index (χ3v) is 10.4. The zero-order valence-corrected chi connectivity index (χ0v) is 28.0. The molecule has 5 aromatic rings. The van der Waals surface area contributed by atoms with Crippen molar-refractivity contribution < 1.29 is 13.9 Å². The third-order valence-electron chi connectivity index (χ3n) is 8.77. The summed E-state index contributed by atoms with van der Waals surface area (Å²) in [6.07, 6.45) is 4.86. The van der Waals surface area contributed by atoms with Gasteiger partial charge in [-0.3, -0.25) is 9.98 Å². The van der Waals surface area contributed by atoms with Gasteiger partial charge >= 0.3 is 0 Å². The number of aromatic nitrogens is 4. The van der Waals surface area contributed by atoms with E-state index in [9.17, 15) is 13.9 Å². The summed E-state index contributed by atoms with van der Waals surface area (Å²) in [7, 11) is -1.53. The Hall–Kier alpha value is -4.08. The summed E-state index contributed by atoms with van der Waals surface area (Å²) in [4.78, 5) is 13.5. The van der Waals surface area contributed by atoms with Crippen molar-refractivity contribution in [3.8, 4) is 0 Å².